The first-order chi connectivity index (χ1) is 20.4. The largest absolute Gasteiger partial charge is 0.477 e. The van der Waals surface area contributed by atoms with Crippen molar-refractivity contribution < 1.29 is 38.7 Å². The molecule has 0 amide bonds. The average molecular weight is 589 g/mol. The molecule has 3 rings (SSSR count). The first kappa shape index (κ1) is 33.5. The van der Waals surface area contributed by atoms with E-state index in [9.17, 15) is 19.8 Å². The average Bonchev–Trinajstić information content (AvgIpc) is 2.97. The molecular formula is C30H44N4O8. The predicted octanol–water partition coefficient (Wildman–Crippen LogP) is 2.81. The number of aromatic nitrogens is 2. The van der Waals surface area contributed by atoms with Gasteiger partial charge >= 0.3 is 11.9 Å². The van der Waals surface area contributed by atoms with Crippen LogP contribution in [0.15, 0.2) is 36.4 Å². The maximum atomic E-state index is 11.4. The van der Waals surface area contributed by atoms with E-state index in [1.54, 1.807) is 12.1 Å². The molecule has 2 unspecified atom stereocenters. The Hall–Kier alpha value is -3.00. The summed E-state index contributed by atoms with van der Waals surface area (Å²) < 4.78 is 24.2. The number of hydrogen-bond acceptors (Lipinski definition) is 10. The Balaban J connectivity index is 1.62. The van der Waals surface area contributed by atoms with E-state index in [1.807, 2.05) is 19.1 Å². The van der Waals surface area contributed by atoms with Crippen LogP contribution in [0.2, 0.25) is 0 Å². The summed E-state index contributed by atoms with van der Waals surface area (Å²) >= 11 is 0. The summed E-state index contributed by atoms with van der Waals surface area (Å²) in [6, 6.07) is 10.0. The fourth-order valence-corrected chi connectivity index (χ4v) is 4.63. The molecule has 12 nitrogen and oxygen atoms in total. The Morgan fingerprint density at radius 1 is 0.762 bits per heavy atom. The maximum Gasteiger partial charge on any atom is 0.354 e. The third-order valence-electron chi connectivity index (χ3n) is 6.92. The smallest absolute Gasteiger partial charge is 0.354 e. The molecule has 2 atom stereocenters. The summed E-state index contributed by atoms with van der Waals surface area (Å²) in [6.45, 7) is 10.4. The highest BCUT2D eigenvalue weighted by Gasteiger charge is 2.20. The number of carbonyl (C=O) groups is 2. The standard InChI is InChI=1S/C30H44N4O8/c1-3-6-28-23(2)41-17-13-33(21-24-7-4-9-26(31-24)29(35)36)11-15-39-19-20-40-16-12-34(14-18-42-28)22-25-8-5-10-27(32-25)30(37)38/h4-5,7-10,23,28H,3,6,11-22H2,1-2H3,(H,35,36)(H,37,38). The van der Waals surface area contributed by atoms with Gasteiger partial charge in [-0.1, -0.05) is 25.5 Å². The molecule has 2 aromatic heterocycles. The van der Waals surface area contributed by atoms with Crippen LogP contribution in [0.5, 0.6) is 0 Å². The van der Waals surface area contributed by atoms with Gasteiger partial charge in [0.05, 0.1) is 63.2 Å². The lowest BCUT2D eigenvalue weighted by molar-refractivity contribution is -0.0778. The molecule has 0 saturated carbocycles. The van der Waals surface area contributed by atoms with Crippen LogP contribution < -0.4 is 0 Å². The van der Waals surface area contributed by atoms with Crippen molar-refractivity contribution in [1.29, 1.82) is 0 Å². The Morgan fingerprint density at radius 2 is 1.24 bits per heavy atom. The molecule has 0 bridgehead atoms. The number of carboxylic acid groups (broad SMARTS) is 2. The number of rotatable bonds is 8. The van der Waals surface area contributed by atoms with Gasteiger partial charge in [-0.15, -0.1) is 0 Å². The quantitative estimate of drug-likeness (QED) is 0.468. The maximum absolute atomic E-state index is 11.4. The second kappa shape index (κ2) is 18.5. The number of nitrogens with zero attached hydrogens (tertiary/aromatic N) is 4. The molecule has 0 radical (unpaired) electrons. The van der Waals surface area contributed by atoms with E-state index in [4.69, 9.17) is 18.9 Å². The summed E-state index contributed by atoms with van der Waals surface area (Å²) in [4.78, 5) is 35.5. The molecule has 2 N–H and O–H groups in total. The van der Waals surface area contributed by atoms with E-state index in [0.717, 1.165) is 12.8 Å². The highest BCUT2D eigenvalue weighted by atomic mass is 16.5. The normalized spacial score (nSPS) is 21.3. The van der Waals surface area contributed by atoms with Gasteiger partial charge in [0.15, 0.2) is 0 Å². The number of aromatic carboxylic acids is 2. The molecule has 1 aliphatic heterocycles. The summed E-state index contributed by atoms with van der Waals surface area (Å²) in [7, 11) is 0. The zero-order valence-corrected chi connectivity index (χ0v) is 24.7. The van der Waals surface area contributed by atoms with Crippen molar-refractivity contribution in [3.05, 3.63) is 59.2 Å². The molecule has 3 heterocycles. The highest BCUT2D eigenvalue weighted by molar-refractivity contribution is 5.85. The van der Waals surface area contributed by atoms with E-state index in [0.29, 0.717) is 90.3 Å². The minimum absolute atomic E-state index is 0.0234. The summed E-state index contributed by atoms with van der Waals surface area (Å²) in [6.07, 6.45) is 1.61. The zero-order valence-electron chi connectivity index (χ0n) is 24.7. The Bertz CT molecular complexity index is 1100. The van der Waals surface area contributed by atoms with Crippen molar-refractivity contribution in [3.8, 4) is 0 Å². The van der Waals surface area contributed by atoms with Crippen LogP contribution in [0.3, 0.4) is 0 Å². The molecule has 1 fully saturated rings. The molecule has 0 spiro atoms. The molecule has 1 saturated heterocycles. The second-order valence-electron chi connectivity index (χ2n) is 10.2. The lowest BCUT2D eigenvalue weighted by Crippen LogP contribution is -2.37. The van der Waals surface area contributed by atoms with Crippen molar-refractivity contribution in [2.75, 3.05) is 65.8 Å². The molecule has 42 heavy (non-hydrogen) atoms. The van der Waals surface area contributed by atoms with Crippen LogP contribution in [0, 0.1) is 0 Å². The summed E-state index contributed by atoms with van der Waals surface area (Å²) in [5.74, 6) is -2.10. The lowest BCUT2D eigenvalue weighted by atomic mass is 10.1. The fourth-order valence-electron chi connectivity index (χ4n) is 4.63. The zero-order chi connectivity index (χ0) is 30.2. The topological polar surface area (TPSA) is 144 Å². The van der Waals surface area contributed by atoms with Crippen molar-refractivity contribution in [2.24, 2.45) is 0 Å². The Labute approximate surface area is 247 Å². The van der Waals surface area contributed by atoms with Gasteiger partial charge in [-0.25, -0.2) is 19.6 Å². The van der Waals surface area contributed by atoms with E-state index >= 15 is 0 Å². The lowest BCUT2D eigenvalue weighted by Gasteiger charge is -2.28. The van der Waals surface area contributed by atoms with E-state index in [2.05, 4.69) is 26.7 Å². The first-order valence-corrected chi connectivity index (χ1v) is 14.6. The van der Waals surface area contributed by atoms with Crippen molar-refractivity contribution in [1.82, 2.24) is 19.8 Å². The van der Waals surface area contributed by atoms with E-state index in [-0.39, 0.29) is 23.6 Å². The predicted molar refractivity (Wildman–Crippen MR) is 155 cm³/mol. The van der Waals surface area contributed by atoms with Crippen molar-refractivity contribution in [2.45, 2.75) is 52.0 Å². The van der Waals surface area contributed by atoms with Gasteiger partial charge in [-0.2, -0.15) is 0 Å². The molecule has 0 aliphatic carbocycles. The summed E-state index contributed by atoms with van der Waals surface area (Å²) in [5, 5.41) is 18.6. The van der Waals surface area contributed by atoms with Crippen LogP contribution in [0.4, 0.5) is 0 Å². The van der Waals surface area contributed by atoms with Gasteiger partial charge in [-0.3, -0.25) is 9.80 Å². The minimum atomic E-state index is -1.05. The second-order valence-corrected chi connectivity index (χ2v) is 10.2. The number of pyridine rings is 2. The van der Waals surface area contributed by atoms with Crippen LogP contribution in [0.1, 0.15) is 59.1 Å². The van der Waals surface area contributed by atoms with Crippen LogP contribution in [-0.2, 0) is 32.0 Å². The van der Waals surface area contributed by atoms with Gasteiger partial charge in [0, 0.05) is 39.3 Å². The molecule has 12 heteroatoms. The third-order valence-corrected chi connectivity index (χ3v) is 6.92. The van der Waals surface area contributed by atoms with Crippen LogP contribution in [-0.4, -0.2) is 120 Å². The molecule has 2 aromatic rings. The molecular weight excluding hydrogens is 544 g/mol. The minimum Gasteiger partial charge on any atom is -0.477 e. The summed E-state index contributed by atoms with van der Waals surface area (Å²) in [5.41, 5.74) is 1.40. The van der Waals surface area contributed by atoms with Gasteiger partial charge < -0.3 is 29.2 Å². The van der Waals surface area contributed by atoms with Crippen molar-refractivity contribution in [3.63, 3.8) is 0 Å². The van der Waals surface area contributed by atoms with Gasteiger partial charge in [0.1, 0.15) is 11.4 Å². The highest BCUT2D eigenvalue weighted by Crippen LogP contribution is 2.13. The first-order valence-electron chi connectivity index (χ1n) is 14.6. The van der Waals surface area contributed by atoms with Gasteiger partial charge in [0.25, 0.3) is 0 Å². The number of ether oxygens (including phenoxy) is 4. The van der Waals surface area contributed by atoms with Crippen LogP contribution in [0.25, 0.3) is 0 Å². The van der Waals surface area contributed by atoms with Crippen molar-refractivity contribution >= 4 is 11.9 Å². The van der Waals surface area contributed by atoms with Gasteiger partial charge in [0.2, 0.25) is 0 Å². The number of carboxylic acids is 2. The monoisotopic (exact) mass is 588 g/mol. The molecule has 0 aromatic carbocycles. The Morgan fingerprint density at radius 3 is 1.71 bits per heavy atom. The fraction of sp³-hybridized carbons (Fsp3) is 0.600. The third kappa shape index (κ3) is 12.1. The van der Waals surface area contributed by atoms with E-state index < -0.39 is 11.9 Å². The SMILES string of the molecule is CCCC1OCCN(Cc2cccc(C(=O)O)n2)CCOCCOCCN(Cc2cccc(C(=O)O)n2)CCOC1C. The van der Waals surface area contributed by atoms with Crippen LogP contribution >= 0.6 is 0 Å². The number of hydrogen-bond donors (Lipinski definition) is 2. The Kier molecular flexibility index (Phi) is 14.8. The molecule has 232 valence electrons. The van der Waals surface area contributed by atoms with Gasteiger partial charge in [-0.05, 0) is 37.6 Å². The van der Waals surface area contributed by atoms with E-state index in [1.165, 1.54) is 12.1 Å². The molecule has 1 aliphatic rings.